The summed E-state index contributed by atoms with van der Waals surface area (Å²) in [4.78, 5) is 36.9. The first kappa shape index (κ1) is 29.3. The van der Waals surface area contributed by atoms with Crippen molar-refractivity contribution in [3.8, 4) is 0 Å². The summed E-state index contributed by atoms with van der Waals surface area (Å²) in [6.07, 6.45) is 13.3. The Hall–Kier alpha value is -1.66. The molecule has 0 aliphatic carbocycles. The second kappa shape index (κ2) is 19.1. The lowest BCUT2D eigenvalue weighted by Crippen LogP contribution is -2.29. The molecule has 0 saturated carbocycles. The van der Waals surface area contributed by atoms with Crippen molar-refractivity contribution in [2.24, 2.45) is 0 Å². The van der Waals surface area contributed by atoms with Gasteiger partial charge in [0, 0.05) is 39.1 Å². The second-order valence-electron chi connectivity index (χ2n) is 7.79. The van der Waals surface area contributed by atoms with Crippen LogP contribution in [-0.4, -0.2) is 56.5 Å². The predicted octanol–water partition coefficient (Wildman–Crippen LogP) is 5.19. The highest BCUT2D eigenvalue weighted by Gasteiger charge is 2.15. The molecule has 0 aromatic heterocycles. The fourth-order valence-electron chi connectivity index (χ4n) is 3.14. The van der Waals surface area contributed by atoms with Crippen LogP contribution in [0.5, 0.6) is 0 Å². The van der Waals surface area contributed by atoms with E-state index >= 15 is 0 Å². The molecule has 0 unspecified atom stereocenters. The zero-order chi connectivity index (χ0) is 23.5. The minimum atomic E-state index is -0.581. The Balaban J connectivity index is 4.20. The van der Waals surface area contributed by atoms with Gasteiger partial charge in [0.1, 0.15) is 12.2 Å². The van der Waals surface area contributed by atoms with Gasteiger partial charge in [-0.1, -0.05) is 62.8 Å². The molecule has 31 heavy (non-hydrogen) atoms. The SMILES string of the molecule is CCCCCCC[C@@H](C/C=C/CCC(=O)N(C)C/C(=C\Cl)CC(=O)CC(=O)OC)OC. The van der Waals surface area contributed by atoms with Gasteiger partial charge in [0.05, 0.1) is 13.2 Å². The van der Waals surface area contributed by atoms with Crippen LogP contribution >= 0.6 is 11.6 Å². The van der Waals surface area contributed by atoms with E-state index in [2.05, 4.69) is 17.7 Å². The molecule has 178 valence electrons. The van der Waals surface area contributed by atoms with Gasteiger partial charge in [-0.05, 0) is 24.8 Å². The normalized spacial score (nSPS) is 12.7. The van der Waals surface area contributed by atoms with Gasteiger partial charge in [-0.3, -0.25) is 14.4 Å². The van der Waals surface area contributed by atoms with Crippen molar-refractivity contribution in [3.63, 3.8) is 0 Å². The van der Waals surface area contributed by atoms with Gasteiger partial charge in [-0.2, -0.15) is 0 Å². The molecule has 0 heterocycles. The molecular weight excluding hydrogens is 418 g/mol. The van der Waals surface area contributed by atoms with Gasteiger partial charge in [-0.25, -0.2) is 0 Å². The zero-order valence-corrected chi connectivity index (χ0v) is 20.4. The second-order valence-corrected chi connectivity index (χ2v) is 8.01. The predicted molar refractivity (Wildman–Crippen MR) is 125 cm³/mol. The number of hydrogen-bond donors (Lipinski definition) is 0. The minimum absolute atomic E-state index is 0.0208. The van der Waals surface area contributed by atoms with E-state index in [-0.39, 0.29) is 37.2 Å². The van der Waals surface area contributed by atoms with E-state index in [9.17, 15) is 14.4 Å². The summed E-state index contributed by atoms with van der Waals surface area (Å²) < 4.78 is 10.0. The molecule has 0 saturated heterocycles. The molecule has 0 aliphatic rings. The number of esters is 1. The van der Waals surface area contributed by atoms with Crippen molar-refractivity contribution < 1.29 is 23.9 Å². The third-order valence-electron chi connectivity index (χ3n) is 5.07. The van der Waals surface area contributed by atoms with Crippen LogP contribution in [-0.2, 0) is 23.9 Å². The molecule has 0 N–H and O–H groups in total. The maximum absolute atomic E-state index is 12.3. The van der Waals surface area contributed by atoms with E-state index < -0.39 is 5.97 Å². The van der Waals surface area contributed by atoms with Gasteiger partial charge in [0.25, 0.3) is 0 Å². The Kier molecular flexibility index (Phi) is 18.0. The number of likely N-dealkylation sites (N-methyl/N-ethyl adjacent to an activating group) is 1. The largest absolute Gasteiger partial charge is 0.469 e. The van der Waals surface area contributed by atoms with Crippen molar-refractivity contribution in [1.29, 1.82) is 0 Å². The van der Waals surface area contributed by atoms with Crippen molar-refractivity contribution in [1.82, 2.24) is 4.90 Å². The van der Waals surface area contributed by atoms with E-state index in [1.54, 1.807) is 19.1 Å². The van der Waals surface area contributed by atoms with Crippen LogP contribution in [0.1, 0.15) is 77.6 Å². The third-order valence-corrected chi connectivity index (χ3v) is 5.38. The molecule has 1 atom stereocenters. The summed E-state index contributed by atoms with van der Waals surface area (Å²) in [6.45, 7) is 2.47. The molecular formula is C24H40ClNO5. The van der Waals surface area contributed by atoms with Gasteiger partial charge in [0.15, 0.2) is 0 Å². The standard InChI is InChI=1S/C24H40ClNO5/c1-5-6-7-8-10-13-22(30-3)14-11-9-12-15-23(28)26(2)19-20(18-25)16-21(27)17-24(29)31-4/h9,11,18,22H,5-8,10,12-17,19H2,1-4H3/b11-9+,20-18-/t22-/m0/s1. The summed E-state index contributed by atoms with van der Waals surface area (Å²) in [6, 6.07) is 0. The molecule has 0 aliphatic heterocycles. The minimum Gasteiger partial charge on any atom is -0.469 e. The number of allylic oxidation sites excluding steroid dienone is 1. The van der Waals surface area contributed by atoms with Crippen molar-refractivity contribution >= 4 is 29.3 Å². The number of methoxy groups -OCH3 is 2. The van der Waals surface area contributed by atoms with Crippen molar-refractivity contribution in [3.05, 3.63) is 23.3 Å². The lowest BCUT2D eigenvalue weighted by Gasteiger charge is -2.18. The zero-order valence-electron chi connectivity index (χ0n) is 19.7. The lowest BCUT2D eigenvalue weighted by atomic mass is 10.1. The number of carbonyl (C=O) groups excluding carboxylic acids is 3. The highest BCUT2D eigenvalue weighted by molar-refractivity contribution is 6.26. The van der Waals surface area contributed by atoms with E-state index in [4.69, 9.17) is 16.3 Å². The number of ketones is 1. The molecule has 0 fully saturated rings. The van der Waals surface area contributed by atoms with E-state index in [1.165, 1.54) is 44.7 Å². The molecule has 0 rings (SSSR count). The maximum Gasteiger partial charge on any atom is 0.313 e. The quantitative estimate of drug-likeness (QED) is 0.122. The van der Waals surface area contributed by atoms with Crippen LogP contribution in [0.2, 0.25) is 0 Å². The van der Waals surface area contributed by atoms with Crippen molar-refractivity contribution in [2.75, 3.05) is 27.8 Å². The summed E-state index contributed by atoms with van der Waals surface area (Å²) in [5.74, 6) is -0.900. The smallest absolute Gasteiger partial charge is 0.313 e. The fourth-order valence-corrected chi connectivity index (χ4v) is 3.29. The lowest BCUT2D eigenvalue weighted by molar-refractivity contribution is -0.143. The summed E-state index contributed by atoms with van der Waals surface area (Å²) in [5, 5.41) is 0. The number of halogens is 1. The average molecular weight is 458 g/mol. The topological polar surface area (TPSA) is 72.9 Å². The molecule has 7 heteroatoms. The first-order valence-electron chi connectivity index (χ1n) is 11.2. The van der Waals surface area contributed by atoms with Crippen LogP contribution in [0.4, 0.5) is 0 Å². The number of carbonyl (C=O) groups is 3. The van der Waals surface area contributed by atoms with Crippen LogP contribution in [0.3, 0.4) is 0 Å². The van der Waals surface area contributed by atoms with E-state index in [1.807, 2.05) is 6.08 Å². The molecule has 0 spiro atoms. The van der Waals surface area contributed by atoms with Gasteiger partial charge in [0.2, 0.25) is 5.91 Å². The highest BCUT2D eigenvalue weighted by atomic mass is 35.5. The highest BCUT2D eigenvalue weighted by Crippen LogP contribution is 2.13. The number of nitrogens with zero attached hydrogens (tertiary/aromatic N) is 1. The van der Waals surface area contributed by atoms with Gasteiger partial charge < -0.3 is 14.4 Å². The monoisotopic (exact) mass is 457 g/mol. The summed E-state index contributed by atoms with van der Waals surface area (Å²) >= 11 is 5.79. The molecule has 0 aromatic rings. The Morgan fingerprint density at radius 2 is 1.74 bits per heavy atom. The van der Waals surface area contributed by atoms with Crippen LogP contribution in [0.15, 0.2) is 23.3 Å². The van der Waals surface area contributed by atoms with E-state index in [0.29, 0.717) is 18.4 Å². The van der Waals surface area contributed by atoms with Crippen LogP contribution < -0.4 is 0 Å². The average Bonchev–Trinajstić information content (AvgIpc) is 2.76. The Morgan fingerprint density at radius 1 is 1.03 bits per heavy atom. The number of ether oxygens (including phenoxy) is 2. The summed E-state index contributed by atoms with van der Waals surface area (Å²) in [5.41, 5.74) is 1.88. The Labute approximate surface area is 193 Å². The summed E-state index contributed by atoms with van der Waals surface area (Å²) in [7, 11) is 4.66. The molecule has 6 nitrogen and oxygen atoms in total. The number of unbranched alkanes of at least 4 members (excludes halogenated alkanes) is 4. The number of hydrogen-bond acceptors (Lipinski definition) is 5. The Morgan fingerprint density at radius 3 is 2.35 bits per heavy atom. The molecule has 0 radical (unpaired) electrons. The number of rotatable bonds is 18. The molecule has 0 aromatic carbocycles. The van der Waals surface area contributed by atoms with Crippen molar-refractivity contribution in [2.45, 2.75) is 83.7 Å². The van der Waals surface area contributed by atoms with Gasteiger partial charge >= 0.3 is 5.97 Å². The first-order valence-corrected chi connectivity index (χ1v) is 11.6. The maximum atomic E-state index is 12.3. The van der Waals surface area contributed by atoms with Crippen LogP contribution in [0, 0.1) is 0 Å². The number of amides is 1. The van der Waals surface area contributed by atoms with E-state index in [0.717, 1.165) is 12.8 Å². The first-order chi connectivity index (χ1) is 14.9. The Bertz CT molecular complexity index is 589. The fraction of sp³-hybridized carbons (Fsp3) is 0.708. The molecule has 1 amide bonds. The van der Waals surface area contributed by atoms with Crippen LogP contribution in [0.25, 0.3) is 0 Å². The van der Waals surface area contributed by atoms with Gasteiger partial charge in [-0.15, -0.1) is 0 Å². The molecule has 0 bridgehead atoms. The third kappa shape index (κ3) is 15.7. The number of Topliss-reactive ketones (excluding diaryl/α,β-unsaturated/α-hetero) is 1.